The van der Waals surface area contributed by atoms with Gasteiger partial charge in [0.1, 0.15) is 6.61 Å². The summed E-state index contributed by atoms with van der Waals surface area (Å²) in [6.07, 6.45) is 0. The molecule has 6 nitrogen and oxygen atoms in total. The molecule has 0 fully saturated rings. The number of benzene rings is 1. The second kappa shape index (κ2) is 4.93. The molecule has 1 aromatic carbocycles. The highest BCUT2D eigenvalue weighted by molar-refractivity contribution is 7.91. The minimum atomic E-state index is -3.50. The standard InChI is InChI=1S/C9H11NO5S/c1-8-2-4-9(5-3-8)16(13,14)7-6-15-10(11)12/h2-5H,6-7H2,1H3. The Morgan fingerprint density at radius 3 is 2.38 bits per heavy atom. The maximum atomic E-state index is 11.6. The molecule has 1 rings (SSSR count). The number of sulfone groups is 1. The van der Waals surface area contributed by atoms with E-state index in [-0.39, 0.29) is 4.90 Å². The zero-order chi connectivity index (χ0) is 12.2. The molecule has 88 valence electrons. The van der Waals surface area contributed by atoms with E-state index in [1.165, 1.54) is 12.1 Å². The fraction of sp³-hybridized carbons (Fsp3) is 0.333. The van der Waals surface area contributed by atoms with Gasteiger partial charge in [0.05, 0.1) is 10.6 Å². The van der Waals surface area contributed by atoms with E-state index in [0.29, 0.717) is 0 Å². The zero-order valence-electron chi connectivity index (χ0n) is 8.62. The Hall–Kier alpha value is -1.63. The van der Waals surface area contributed by atoms with Crippen LogP contribution >= 0.6 is 0 Å². The lowest BCUT2D eigenvalue weighted by molar-refractivity contribution is -0.756. The first-order valence-corrected chi connectivity index (χ1v) is 6.14. The van der Waals surface area contributed by atoms with Crippen LogP contribution in [0.2, 0.25) is 0 Å². The largest absolute Gasteiger partial charge is 0.313 e. The molecule has 0 aliphatic heterocycles. The van der Waals surface area contributed by atoms with Crippen LogP contribution in [-0.4, -0.2) is 25.9 Å². The fourth-order valence-corrected chi connectivity index (χ4v) is 2.17. The Kier molecular flexibility index (Phi) is 3.83. The van der Waals surface area contributed by atoms with Crippen LogP contribution in [0.5, 0.6) is 0 Å². The van der Waals surface area contributed by atoms with E-state index in [1.54, 1.807) is 12.1 Å². The van der Waals surface area contributed by atoms with Crippen molar-refractivity contribution in [3.8, 4) is 0 Å². The number of hydrogen-bond acceptors (Lipinski definition) is 5. The fourth-order valence-electron chi connectivity index (χ4n) is 1.08. The van der Waals surface area contributed by atoms with Gasteiger partial charge in [-0.1, -0.05) is 17.7 Å². The van der Waals surface area contributed by atoms with Gasteiger partial charge in [-0.3, -0.25) is 0 Å². The van der Waals surface area contributed by atoms with Crippen molar-refractivity contribution in [1.29, 1.82) is 0 Å². The van der Waals surface area contributed by atoms with Gasteiger partial charge in [-0.2, -0.15) is 0 Å². The first-order chi connectivity index (χ1) is 7.42. The Balaban J connectivity index is 2.71. The van der Waals surface area contributed by atoms with Gasteiger partial charge < -0.3 is 4.84 Å². The van der Waals surface area contributed by atoms with Gasteiger partial charge in [0, 0.05) is 0 Å². The van der Waals surface area contributed by atoms with E-state index >= 15 is 0 Å². The third-order valence-corrected chi connectivity index (χ3v) is 3.62. The summed E-state index contributed by atoms with van der Waals surface area (Å²) >= 11 is 0. The normalized spacial score (nSPS) is 11.1. The van der Waals surface area contributed by atoms with Crippen molar-refractivity contribution < 1.29 is 18.3 Å². The predicted octanol–water partition coefficient (Wildman–Crippen LogP) is 0.977. The molecule has 7 heteroatoms. The Morgan fingerprint density at radius 2 is 1.88 bits per heavy atom. The minimum absolute atomic E-state index is 0.144. The second-order valence-corrected chi connectivity index (χ2v) is 5.30. The van der Waals surface area contributed by atoms with Crippen molar-refractivity contribution in [2.24, 2.45) is 0 Å². The van der Waals surface area contributed by atoms with E-state index in [1.807, 2.05) is 6.92 Å². The van der Waals surface area contributed by atoms with Crippen LogP contribution < -0.4 is 0 Å². The summed E-state index contributed by atoms with van der Waals surface area (Å²) in [7, 11) is -3.50. The van der Waals surface area contributed by atoms with Crippen molar-refractivity contribution in [2.45, 2.75) is 11.8 Å². The second-order valence-electron chi connectivity index (χ2n) is 3.19. The van der Waals surface area contributed by atoms with Gasteiger partial charge in [0.15, 0.2) is 9.84 Å². The highest BCUT2D eigenvalue weighted by Crippen LogP contribution is 2.11. The van der Waals surface area contributed by atoms with Crippen LogP contribution in [0.1, 0.15) is 5.56 Å². The Bertz CT molecular complexity index is 465. The number of hydrogen-bond donors (Lipinski definition) is 0. The molecule has 0 bridgehead atoms. The van der Waals surface area contributed by atoms with Crippen molar-refractivity contribution >= 4 is 9.84 Å². The first kappa shape index (κ1) is 12.4. The van der Waals surface area contributed by atoms with Crippen molar-refractivity contribution in [1.82, 2.24) is 0 Å². The van der Waals surface area contributed by atoms with Gasteiger partial charge >= 0.3 is 0 Å². The number of rotatable bonds is 5. The molecule has 0 heterocycles. The van der Waals surface area contributed by atoms with E-state index in [4.69, 9.17) is 0 Å². The molecule has 0 amide bonds. The summed E-state index contributed by atoms with van der Waals surface area (Å²) in [5, 5.41) is 8.85. The maximum Gasteiger partial charge on any atom is 0.294 e. The van der Waals surface area contributed by atoms with Crippen molar-refractivity contribution in [3.63, 3.8) is 0 Å². The third kappa shape index (κ3) is 3.50. The van der Waals surface area contributed by atoms with Crippen LogP contribution in [0.25, 0.3) is 0 Å². The molecule has 0 saturated carbocycles. The van der Waals surface area contributed by atoms with E-state index in [2.05, 4.69) is 4.84 Å². The molecule has 0 saturated heterocycles. The van der Waals surface area contributed by atoms with Gasteiger partial charge in [0.25, 0.3) is 5.09 Å². The summed E-state index contributed by atoms with van der Waals surface area (Å²) < 4.78 is 23.2. The highest BCUT2D eigenvalue weighted by atomic mass is 32.2. The smallest absolute Gasteiger partial charge is 0.294 e. The van der Waals surface area contributed by atoms with Gasteiger partial charge in [0.2, 0.25) is 0 Å². The van der Waals surface area contributed by atoms with Crippen LogP contribution in [0.4, 0.5) is 0 Å². The van der Waals surface area contributed by atoms with Crippen LogP contribution in [0.3, 0.4) is 0 Å². The average molecular weight is 245 g/mol. The SMILES string of the molecule is Cc1ccc(S(=O)(=O)CCO[N+](=O)[O-])cc1. The summed E-state index contributed by atoms with van der Waals surface area (Å²) in [6, 6.07) is 6.27. The molecule has 0 aliphatic rings. The lowest BCUT2D eigenvalue weighted by Crippen LogP contribution is -2.14. The quantitative estimate of drug-likeness (QED) is 0.570. The number of aryl methyl sites for hydroxylation is 1. The topological polar surface area (TPSA) is 86.5 Å². The van der Waals surface area contributed by atoms with Crippen LogP contribution in [-0.2, 0) is 14.7 Å². The summed E-state index contributed by atoms with van der Waals surface area (Å²) in [5.41, 5.74) is 0.945. The van der Waals surface area contributed by atoms with Gasteiger partial charge in [-0.25, -0.2) is 8.42 Å². The summed E-state index contributed by atoms with van der Waals surface area (Å²) in [5.74, 6) is -0.406. The third-order valence-electron chi connectivity index (χ3n) is 1.93. The number of nitrogens with zero attached hydrogens (tertiary/aromatic N) is 1. The molecular formula is C9H11NO5S. The van der Waals surface area contributed by atoms with Gasteiger partial charge in [-0.15, -0.1) is 10.1 Å². The monoisotopic (exact) mass is 245 g/mol. The molecule has 0 radical (unpaired) electrons. The molecule has 0 unspecified atom stereocenters. The molecule has 0 aromatic heterocycles. The van der Waals surface area contributed by atoms with Crippen molar-refractivity contribution in [2.75, 3.05) is 12.4 Å². The van der Waals surface area contributed by atoms with E-state index < -0.39 is 27.3 Å². The Labute approximate surface area is 92.9 Å². The molecule has 0 aliphatic carbocycles. The predicted molar refractivity (Wildman–Crippen MR) is 56.2 cm³/mol. The Morgan fingerprint density at radius 1 is 1.31 bits per heavy atom. The molecular weight excluding hydrogens is 234 g/mol. The summed E-state index contributed by atoms with van der Waals surface area (Å²) in [4.78, 5) is 14.0. The van der Waals surface area contributed by atoms with Crippen molar-refractivity contribution in [3.05, 3.63) is 39.9 Å². The minimum Gasteiger partial charge on any atom is -0.313 e. The van der Waals surface area contributed by atoms with E-state index in [0.717, 1.165) is 5.56 Å². The highest BCUT2D eigenvalue weighted by Gasteiger charge is 2.14. The summed E-state index contributed by atoms with van der Waals surface area (Å²) in [6.45, 7) is 1.38. The van der Waals surface area contributed by atoms with Crippen LogP contribution in [0, 0.1) is 17.0 Å². The first-order valence-electron chi connectivity index (χ1n) is 4.48. The lowest BCUT2D eigenvalue weighted by Gasteiger charge is -2.03. The maximum absolute atomic E-state index is 11.6. The van der Waals surface area contributed by atoms with Gasteiger partial charge in [-0.05, 0) is 19.1 Å². The lowest BCUT2D eigenvalue weighted by atomic mass is 10.2. The molecule has 16 heavy (non-hydrogen) atoms. The molecule has 0 atom stereocenters. The average Bonchev–Trinajstić information content (AvgIpc) is 2.17. The molecule has 0 N–H and O–H groups in total. The van der Waals surface area contributed by atoms with Crippen LogP contribution in [0.15, 0.2) is 29.2 Å². The molecule has 0 spiro atoms. The zero-order valence-corrected chi connectivity index (χ0v) is 9.44. The van der Waals surface area contributed by atoms with E-state index in [9.17, 15) is 18.5 Å². The molecule has 1 aromatic rings.